The van der Waals surface area contributed by atoms with Gasteiger partial charge in [-0.1, -0.05) is 35.2 Å². The minimum atomic E-state index is -0.179. The molecule has 1 rings (SSSR count). The summed E-state index contributed by atoms with van der Waals surface area (Å²) in [7, 11) is 0. The molecule has 0 aliphatic rings. The first-order valence-electron chi connectivity index (χ1n) is 5.20. The molecule has 1 amide bonds. The molecule has 84 valence electrons. The number of halogens is 1. The van der Waals surface area contributed by atoms with E-state index in [4.69, 9.17) is 6.42 Å². The van der Waals surface area contributed by atoms with Gasteiger partial charge in [-0.3, -0.25) is 4.79 Å². The number of amides is 1. The number of carbonyl (C=O) groups is 1. The van der Waals surface area contributed by atoms with E-state index < -0.39 is 0 Å². The van der Waals surface area contributed by atoms with Gasteiger partial charge < -0.3 is 5.32 Å². The van der Waals surface area contributed by atoms with Crippen molar-refractivity contribution in [3.05, 3.63) is 34.3 Å². The molecular formula is C13H14BrNO. The minimum absolute atomic E-state index is 0.121. The van der Waals surface area contributed by atoms with Crippen molar-refractivity contribution < 1.29 is 4.79 Å². The Morgan fingerprint density at radius 3 is 2.62 bits per heavy atom. The summed E-state index contributed by atoms with van der Waals surface area (Å²) in [6.07, 6.45) is 7.10. The van der Waals surface area contributed by atoms with Crippen LogP contribution in [0.15, 0.2) is 28.7 Å². The molecule has 1 aromatic rings. The summed E-state index contributed by atoms with van der Waals surface area (Å²) >= 11 is 3.32. The Balaban J connectivity index is 2.65. The fourth-order valence-electron chi connectivity index (χ4n) is 1.33. The SMILES string of the molecule is C#CC(CCC)NC(=O)c1ccc(Br)cc1. The number of benzene rings is 1. The molecule has 16 heavy (non-hydrogen) atoms. The van der Waals surface area contributed by atoms with Crippen LogP contribution in [0.3, 0.4) is 0 Å². The molecule has 0 saturated heterocycles. The van der Waals surface area contributed by atoms with Crippen molar-refractivity contribution in [3.63, 3.8) is 0 Å². The molecule has 0 fully saturated rings. The van der Waals surface area contributed by atoms with Gasteiger partial charge in [-0.15, -0.1) is 6.42 Å². The highest BCUT2D eigenvalue weighted by Gasteiger charge is 2.10. The molecule has 0 heterocycles. The van der Waals surface area contributed by atoms with Gasteiger partial charge in [0.2, 0.25) is 0 Å². The zero-order valence-corrected chi connectivity index (χ0v) is 10.8. The van der Waals surface area contributed by atoms with E-state index in [2.05, 4.69) is 27.2 Å². The molecule has 0 saturated carbocycles. The van der Waals surface area contributed by atoms with Gasteiger partial charge in [-0.2, -0.15) is 0 Å². The Morgan fingerprint density at radius 2 is 2.12 bits per heavy atom. The van der Waals surface area contributed by atoms with E-state index in [1.165, 1.54) is 0 Å². The van der Waals surface area contributed by atoms with E-state index in [0.717, 1.165) is 17.3 Å². The van der Waals surface area contributed by atoms with Crippen LogP contribution < -0.4 is 5.32 Å². The molecule has 0 aromatic heterocycles. The Hall–Kier alpha value is -1.27. The first kappa shape index (κ1) is 12.8. The number of carbonyl (C=O) groups excluding carboxylic acids is 1. The van der Waals surface area contributed by atoms with Gasteiger partial charge in [0.1, 0.15) is 0 Å². The molecule has 0 aliphatic heterocycles. The third-order valence-corrected chi connectivity index (χ3v) is 2.72. The summed E-state index contributed by atoms with van der Waals surface area (Å²) in [6, 6.07) is 7.01. The third-order valence-electron chi connectivity index (χ3n) is 2.19. The Bertz CT molecular complexity index is 391. The first-order valence-corrected chi connectivity index (χ1v) is 5.99. The van der Waals surface area contributed by atoms with Crippen LogP contribution in [0.2, 0.25) is 0 Å². The molecule has 0 spiro atoms. The van der Waals surface area contributed by atoms with E-state index >= 15 is 0 Å². The number of rotatable bonds is 4. The molecular weight excluding hydrogens is 266 g/mol. The molecule has 0 bridgehead atoms. The normalized spacial score (nSPS) is 11.6. The Labute approximate surface area is 105 Å². The molecule has 1 unspecified atom stereocenters. The van der Waals surface area contributed by atoms with Gasteiger partial charge >= 0.3 is 0 Å². The van der Waals surface area contributed by atoms with Crippen molar-refractivity contribution in [2.45, 2.75) is 25.8 Å². The van der Waals surface area contributed by atoms with Crippen molar-refractivity contribution in [2.75, 3.05) is 0 Å². The lowest BCUT2D eigenvalue weighted by Gasteiger charge is -2.11. The van der Waals surface area contributed by atoms with Gasteiger partial charge in [0.05, 0.1) is 6.04 Å². The van der Waals surface area contributed by atoms with Gasteiger partial charge in [0.15, 0.2) is 0 Å². The summed E-state index contributed by atoms with van der Waals surface area (Å²) in [5.41, 5.74) is 0.625. The first-order chi connectivity index (χ1) is 7.67. The van der Waals surface area contributed by atoms with E-state index in [1.807, 2.05) is 19.1 Å². The van der Waals surface area contributed by atoms with Gasteiger partial charge in [-0.25, -0.2) is 0 Å². The van der Waals surface area contributed by atoms with Crippen LogP contribution in [0, 0.1) is 12.3 Å². The average Bonchev–Trinajstić information content (AvgIpc) is 2.29. The lowest BCUT2D eigenvalue weighted by Crippen LogP contribution is -2.33. The van der Waals surface area contributed by atoms with Crippen molar-refractivity contribution in [2.24, 2.45) is 0 Å². The Kier molecular flexibility index (Phi) is 5.07. The second kappa shape index (κ2) is 6.34. The van der Waals surface area contributed by atoms with Gasteiger partial charge in [-0.05, 0) is 30.7 Å². The fourth-order valence-corrected chi connectivity index (χ4v) is 1.59. The molecule has 0 aliphatic carbocycles. The summed E-state index contributed by atoms with van der Waals surface area (Å²) in [4.78, 5) is 11.8. The second-order valence-electron chi connectivity index (χ2n) is 3.49. The van der Waals surface area contributed by atoms with Crippen molar-refractivity contribution in [3.8, 4) is 12.3 Å². The van der Waals surface area contributed by atoms with Crippen molar-refractivity contribution in [1.29, 1.82) is 0 Å². The minimum Gasteiger partial charge on any atom is -0.338 e. The smallest absolute Gasteiger partial charge is 0.252 e. The zero-order valence-electron chi connectivity index (χ0n) is 9.16. The standard InChI is InChI=1S/C13H14BrNO/c1-3-5-12(4-2)15-13(16)10-6-8-11(14)9-7-10/h2,6-9,12H,3,5H2,1H3,(H,15,16). The summed E-state index contributed by atoms with van der Waals surface area (Å²) < 4.78 is 0.950. The van der Waals surface area contributed by atoms with Crippen LogP contribution in [0.4, 0.5) is 0 Å². The molecule has 2 nitrogen and oxygen atoms in total. The van der Waals surface area contributed by atoms with Gasteiger partial charge in [0.25, 0.3) is 5.91 Å². The quantitative estimate of drug-likeness (QED) is 0.844. The summed E-state index contributed by atoms with van der Waals surface area (Å²) in [5.74, 6) is 2.45. The predicted octanol–water partition coefficient (Wildman–Crippen LogP) is 2.98. The van der Waals surface area contributed by atoms with E-state index in [9.17, 15) is 4.79 Å². The molecule has 3 heteroatoms. The van der Waals surface area contributed by atoms with Crippen LogP contribution in [0.5, 0.6) is 0 Å². The van der Waals surface area contributed by atoms with E-state index in [0.29, 0.717) is 5.56 Å². The van der Waals surface area contributed by atoms with Crippen LogP contribution >= 0.6 is 15.9 Å². The Morgan fingerprint density at radius 1 is 1.50 bits per heavy atom. The van der Waals surface area contributed by atoms with Crippen LogP contribution in [-0.4, -0.2) is 11.9 Å². The van der Waals surface area contributed by atoms with Crippen LogP contribution in [0.1, 0.15) is 30.1 Å². The number of terminal acetylenes is 1. The number of hydrogen-bond acceptors (Lipinski definition) is 1. The highest BCUT2D eigenvalue weighted by atomic mass is 79.9. The maximum atomic E-state index is 11.8. The summed E-state index contributed by atoms with van der Waals surface area (Å²) in [6.45, 7) is 2.04. The maximum Gasteiger partial charge on any atom is 0.252 e. The largest absolute Gasteiger partial charge is 0.338 e. The third kappa shape index (κ3) is 3.71. The number of nitrogens with one attached hydrogen (secondary N) is 1. The van der Waals surface area contributed by atoms with Crippen molar-refractivity contribution >= 4 is 21.8 Å². The lowest BCUT2D eigenvalue weighted by molar-refractivity contribution is 0.0944. The van der Waals surface area contributed by atoms with E-state index in [-0.39, 0.29) is 11.9 Å². The van der Waals surface area contributed by atoms with Crippen LogP contribution in [-0.2, 0) is 0 Å². The van der Waals surface area contributed by atoms with Gasteiger partial charge in [0, 0.05) is 10.0 Å². The molecule has 1 N–H and O–H groups in total. The average molecular weight is 280 g/mol. The molecule has 0 radical (unpaired) electrons. The van der Waals surface area contributed by atoms with Crippen LogP contribution in [0.25, 0.3) is 0 Å². The zero-order chi connectivity index (χ0) is 12.0. The number of hydrogen-bond donors (Lipinski definition) is 1. The molecule has 1 aromatic carbocycles. The highest BCUT2D eigenvalue weighted by Crippen LogP contribution is 2.10. The van der Waals surface area contributed by atoms with E-state index in [1.54, 1.807) is 12.1 Å². The predicted molar refractivity (Wildman–Crippen MR) is 69.1 cm³/mol. The highest BCUT2D eigenvalue weighted by molar-refractivity contribution is 9.10. The molecule has 1 atom stereocenters. The topological polar surface area (TPSA) is 29.1 Å². The fraction of sp³-hybridized carbons (Fsp3) is 0.308. The maximum absolute atomic E-state index is 11.8. The second-order valence-corrected chi connectivity index (χ2v) is 4.40. The summed E-state index contributed by atoms with van der Waals surface area (Å²) in [5, 5.41) is 2.81. The lowest BCUT2D eigenvalue weighted by atomic mass is 10.1. The van der Waals surface area contributed by atoms with Crippen molar-refractivity contribution in [1.82, 2.24) is 5.32 Å². The monoisotopic (exact) mass is 279 g/mol.